The lowest BCUT2D eigenvalue weighted by molar-refractivity contribution is -0.583. The van der Waals surface area contributed by atoms with Gasteiger partial charge < -0.3 is 4.74 Å². The van der Waals surface area contributed by atoms with Gasteiger partial charge in [-0.3, -0.25) is 5.73 Å². The van der Waals surface area contributed by atoms with E-state index in [2.05, 4.69) is 17.1 Å². The Morgan fingerprint density at radius 2 is 2.30 bits per heavy atom. The first-order valence-corrected chi connectivity index (χ1v) is 8.10. The summed E-state index contributed by atoms with van der Waals surface area (Å²) in [6, 6.07) is 8.59. The third-order valence-electron chi connectivity index (χ3n) is 4.52. The number of ether oxygens (including phenoxy) is 1. The predicted octanol–water partition coefficient (Wildman–Crippen LogP) is -0.266. The first-order valence-electron chi connectivity index (χ1n) is 6.23. The molecule has 5 nitrogen and oxygen atoms in total. The Kier molecular flexibility index (Phi) is 2.17. The zero-order valence-electron chi connectivity index (χ0n) is 10.4. The second kappa shape index (κ2) is 3.56. The molecule has 20 heavy (non-hydrogen) atoms. The van der Waals surface area contributed by atoms with Crippen molar-refractivity contribution in [1.29, 1.82) is 10.5 Å². The average molecular weight is 303 g/mol. The van der Waals surface area contributed by atoms with E-state index in [1.807, 2.05) is 17.5 Å². The summed E-state index contributed by atoms with van der Waals surface area (Å²) in [6.07, 6.45) is 0. The van der Waals surface area contributed by atoms with E-state index in [0.717, 1.165) is 10.6 Å². The van der Waals surface area contributed by atoms with Crippen LogP contribution in [0.15, 0.2) is 17.5 Å². The number of nitrogens with one attached hydrogen (secondary N) is 1. The molecule has 0 radical (unpaired) electrons. The van der Waals surface area contributed by atoms with Crippen molar-refractivity contribution in [1.82, 2.24) is 0 Å². The molecule has 7 heteroatoms. The van der Waals surface area contributed by atoms with Crippen LogP contribution in [0.5, 0.6) is 0 Å². The SMILES string of the molecule is N#C[C@@]12[C@@H](c3cccs3)[C@]1(C#N)C(N)=[NH+][C@@]21OCCS1. The fraction of sp³-hybridized carbons (Fsp3) is 0.462. The molecule has 0 amide bonds. The number of nitrogens with two attached hydrogens (primary N) is 1. The molecule has 4 atom stereocenters. The highest BCUT2D eigenvalue weighted by Gasteiger charge is 2.96. The van der Waals surface area contributed by atoms with Crippen LogP contribution in [0.2, 0.25) is 0 Å². The van der Waals surface area contributed by atoms with Crippen LogP contribution >= 0.6 is 23.1 Å². The van der Waals surface area contributed by atoms with Gasteiger partial charge in [-0.25, -0.2) is 4.99 Å². The zero-order chi connectivity index (χ0) is 14.0. The fourth-order valence-electron chi connectivity index (χ4n) is 3.70. The molecule has 0 bridgehead atoms. The standard InChI is InChI=1S/C13H10N4OS2/c14-6-11-9(8-2-1-4-19-8)12(11,7-15)13(17-10(11)16)18-3-5-20-13/h1-2,4,9H,3,5H2,(H2,16,17)/p+1/t9-,11+,12+,13+/m0/s1. The van der Waals surface area contributed by atoms with Crippen LogP contribution in [0, 0.1) is 33.5 Å². The number of fused-ring (bicyclic) bond motifs is 2. The largest absolute Gasteiger partial charge is 0.327 e. The Balaban J connectivity index is 1.96. The maximum atomic E-state index is 9.88. The number of thioether (sulfide) groups is 1. The Morgan fingerprint density at radius 1 is 1.45 bits per heavy atom. The second-order valence-electron chi connectivity index (χ2n) is 5.14. The molecule has 100 valence electrons. The topological polar surface area (TPSA) is 96.8 Å². The number of amidine groups is 1. The van der Waals surface area contributed by atoms with Gasteiger partial charge in [0, 0.05) is 10.6 Å². The van der Waals surface area contributed by atoms with Crippen molar-refractivity contribution in [2.45, 2.75) is 11.0 Å². The summed E-state index contributed by atoms with van der Waals surface area (Å²) in [7, 11) is 0. The highest BCUT2D eigenvalue weighted by atomic mass is 32.2. The van der Waals surface area contributed by atoms with Gasteiger partial charge in [0.2, 0.25) is 0 Å². The van der Waals surface area contributed by atoms with Gasteiger partial charge in [0.15, 0.2) is 10.8 Å². The molecule has 1 aliphatic carbocycles. The molecule has 1 aromatic heterocycles. The van der Waals surface area contributed by atoms with Crippen molar-refractivity contribution in [3.05, 3.63) is 22.4 Å². The quantitative estimate of drug-likeness (QED) is 0.744. The minimum Gasteiger partial charge on any atom is -0.327 e. The fourth-order valence-corrected chi connectivity index (χ4v) is 6.02. The maximum Gasteiger partial charge on any atom is 0.277 e. The molecule has 2 fully saturated rings. The van der Waals surface area contributed by atoms with E-state index in [4.69, 9.17) is 10.5 Å². The van der Waals surface area contributed by atoms with Crippen molar-refractivity contribution in [2.75, 3.05) is 12.4 Å². The molecule has 4 rings (SSSR count). The molecule has 1 saturated heterocycles. The minimum absolute atomic E-state index is 0.211. The van der Waals surface area contributed by atoms with Crippen molar-refractivity contribution < 1.29 is 9.73 Å². The van der Waals surface area contributed by atoms with Gasteiger partial charge in [0.25, 0.3) is 10.9 Å². The van der Waals surface area contributed by atoms with Crippen molar-refractivity contribution in [2.24, 2.45) is 16.6 Å². The predicted molar refractivity (Wildman–Crippen MR) is 74.5 cm³/mol. The van der Waals surface area contributed by atoms with Crippen molar-refractivity contribution >= 4 is 28.9 Å². The van der Waals surface area contributed by atoms with E-state index < -0.39 is 15.9 Å². The summed E-state index contributed by atoms with van der Waals surface area (Å²) >= 11 is 3.10. The van der Waals surface area contributed by atoms with Crippen LogP contribution in [0.1, 0.15) is 10.8 Å². The summed E-state index contributed by atoms with van der Waals surface area (Å²) in [4.78, 5) is 4.12. The number of nitriles is 2. The van der Waals surface area contributed by atoms with E-state index in [1.54, 1.807) is 23.1 Å². The lowest BCUT2D eigenvalue weighted by atomic mass is 9.95. The van der Waals surface area contributed by atoms with Gasteiger partial charge in [-0.05, 0) is 11.4 Å². The van der Waals surface area contributed by atoms with E-state index >= 15 is 0 Å². The summed E-state index contributed by atoms with van der Waals surface area (Å²) in [5, 5.41) is 20.7. The van der Waals surface area contributed by atoms with Crippen LogP contribution in [0.4, 0.5) is 0 Å². The number of hydrogen-bond donors (Lipinski definition) is 2. The molecular formula is C13H11N4OS2+. The third kappa shape index (κ3) is 0.977. The van der Waals surface area contributed by atoms with E-state index in [-0.39, 0.29) is 5.92 Å². The Labute approximate surface area is 124 Å². The molecule has 0 unspecified atom stereocenters. The average Bonchev–Trinajstić information content (AvgIpc) is 2.93. The van der Waals surface area contributed by atoms with Crippen molar-refractivity contribution in [3.8, 4) is 12.1 Å². The van der Waals surface area contributed by atoms with Gasteiger partial charge >= 0.3 is 0 Å². The molecule has 3 heterocycles. The minimum atomic E-state index is -0.982. The number of nitrogens with zero attached hydrogens (tertiary/aromatic N) is 2. The molecule has 1 aromatic rings. The first-order chi connectivity index (χ1) is 9.68. The van der Waals surface area contributed by atoms with E-state index in [0.29, 0.717) is 12.4 Å². The zero-order valence-corrected chi connectivity index (χ0v) is 12.1. The molecule has 3 aliphatic rings. The van der Waals surface area contributed by atoms with Crippen LogP contribution in [0.25, 0.3) is 0 Å². The summed E-state index contributed by atoms with van der Waals surface area (Å²) in [5.74, 6) is 0.953. The Morgan fingerprint density at radius 3 is 2.85 bits per heavy atom. The Bertz CT molecular complexity index is 695. The smallest absolute Gasteiger partial charge is 0.277 e. The monoisotopic (exact) mass is 303 g/mol. The van der Waals surface area contributed by atoms with Crippen molar-refractivity contribution in [3.63, 3.8) is 0 Å². The van der Waals surface area contributed by atoms with E-state index in [9.17, 15) is 10.5 Å². The molecule has 3 N–H and O–H groups in total. The first kappa shape index (κ1) is 12.2. The van der Waals surface area contributed by atoms with Crippen LogP contribution in [0.3, 0.4) is 0 Å². The van der Waals surface area contributed by atoms with Gasteiger partial charge in [0.1, 0.15) is 0 Å². The number of thiophene rings is 1. The van der Waals surface area contributed by atoms with Gasteiger partial charge in [-0.15, -0.1) is 11.3 Å². The second-order valence-corrected chi connectivity index (χ2v) is 7.39. The number of hydrogen-bond acceptors (Lipinski definition) is 6. The summed E-state index contributed by atoms with van der Waals surface area (Å²) in [5.41, 5.74) is 4.20. The highest BCUT2D eigenvalue weighted by molar-refractivity contribution is 8.00. The lowest BCUT2D eigenvalue weighted by Crippen LogP contribution is -2.88. The highest BCUT2D eigenvalue weighted by Crippen LogP contribution is 2.80. The van der Waals surface area contributed by atoms with Gasteiger partial charge in [-0.1, -0.05) is 17.8 Å². The normalized spacial score (nSPS) is 44.7. The summed E-state index contributed by atoms with van der Waals surface area (Å²) in [6.45, 7) is 0.563. The van der Waals surface area contributed by atoms with Gasteiger partial charge in [-0.2, -0.15) is 10.5 Å². The Hall–Kier alpha value is -1.54. The molecule has 1 saturated carbocycles. The molecule has 1 spiro atoms. The van der Waals surface area contributed by atoms with Gasteiger partial charge in [0.05, 0.1) is 24.7 Å². The number of rotatable bonds is 1. The van der Waals surface area contributed by atoms with Crippen LogP contribution < -0.4 is 10.7 Å². The molecular weight excluding hydrogens is 292 g/mol. The summed E-state index contributed by atoms with van der Waals surface area (Å²) < 4.78 is 5.86. The van der Waals surface area contributed by atoms with Crippen LogP contribution in [-0.4, -0.2) is 23.3 Å². The maximum absolute atomic E-state index is 9.88. The molecule has 0 aromatic carbocycles. The van der Waals surface area contributed by atoms with E-state index in [1.165, 1.54) is 0 Å². The molecule has 2 aliphatic heterocycles. The third-order valence-corrected chi connectivity index (χ3v) is 6.78. The van der Waals surface area contributed by atoms with Crippen LogP contribution in [-0.2, 0) is 4.74 Å². The lowest BCUT2D eigenvalue weighted by Gasteiger charge is -2.23.